The van der Waals surface area contributed by atoms with Crippen molar-refractivity contribution in [1.82, 2.24) is 14.9 Å². The maximum atomic E-state index is 6.06. The second-order valence-corrected chi connectivity index (χ2v) is 6.13. The van der Waals surface area contributed by atoms with Crippen LogP contribution in [-0.4, -0.2) is 46.8 Å². The van der Waals surface area contributed by atoms with Crippen LogP contribution in [0.4, 0.5) is 0 Å². The maximum Gasteiger partial charge on any atom is 0.316 e. The number of furan rings is 1. The molecule has 0 N–H and O–H groups in total. The van der Waals surface area contributed by atoms with E-state index in [1.807, 2.05) is 12.1 Å². The number of rotatable bonds is 5. The molecule has 122 valence electrons. The standard InChI is InChI=1S/C17H21N3O3/c1-3-14(21-9-1)11-20-8-10-22-16-13(4-5-15(16)20)12-23-17-18-6-2-7-19-17/h1-3,6-7,9,13,15-16H,4-5,8,10-12H2/t13-,15-,16-/m0/s1. The van der Waals surface area contributed by atoms with Crippen LogP contribution in [0.3, 0.4) is 0 Å². The van der Waals surface area contributed by atoms with Gasteiger partial charge in [-0.1, -0.05) is 0 Å². The number of morpholine rings is 1. The molecule has 1 aliphatic heterocycles. The fourth-order valence-electron chi connectivity index (χ4n) is 3.66. The highest BCUT2D eigenvalue weighted by Gasteiger charge is 2.43. The van der Waals surface area contributed by atoms with Gasteiger partial charge in [-0.25, -0.2) is 9.97 Å². The third-order valence-electron chi connectivity index (χ3n) is 4.74. The van der Waals surface area contributed by atoms with Crippen LogP contribution in [0.25, 0.3) is 0 Å². The quantitative estimate of drug-likeness (QED) is 0.842. The van der Waals surface area contributed by atoms with Gasteiger partial charge in [0.2, 0.25) is 0 Å². The van der Waals surface area contributed by atoms with E-state index in [0.717, 1.165) is 38.3 Å². The molecule has 0 spiro atoms. The van der Waals surface area contributed by atoms with Crippen LogP contribution in [0, 0.1) is 5.92 Å². The molecule has 6 heteroatoms. The normalized spacial score (nSPS) is 27.7. The highest BCUT2D eigenvalue weighted by atomic mass is 16.5. The largest absolute Gasteiger partial charge is 0.468 e. The Labute approximate surface area is 135 Å². The van der Waals surface area contributed by atoms with Gasteiger partial charge in [0.25, 0.3) is 0 Å². The highest BCUT2D eigenvalue weighted by molar-refractivity contribution is 5.02. The summed E-state index contributed by atoms with van der Waals surface area (Å²) < 4.78 is 17.3. The molecule has 1 saturated carbocycles. The van der Waals surface area contributed by atoms with E-state index in [9.17, 15) is 0 Å². The molecule has 23 heavy (non-hydrogen) atoms. The van der Waals surface area contributed by atoms with Crippen LogP contribution < -0.4 is 4.74 Å². The van der Waals surface area contributed by atoms with Gasteiger partial charge in [-0.3, -0.25) is 4.90 Å². The minimum Gasteiger partial charge on any atom is -0.468 e. The van der Waals surface area contributed by atoms with Gasteiger partial charge >= 0.3 is 6.01 Å². The topological polar surface area (TPSA) is 60.6 Å². The zero-order chi connectivity index (χ0) is 15.5. The van der Waals surface area contributed by atoms with E-state index in [1.54, 1.807) is 24.7 Å². The van der Waals surface area contributed by atoms with Crippen molar-refractivity contribution in [2.24, 2.45) is 5.92 Å². The van der Waals surface area contributed by atoms with Gasteiger partial charge < -0.3 is 13.9 Å². The first-order valence-electron chi connectivity index (χ1n) is 8.18. The van der Waals surface area contributed by atoms with Crippen LogP contribution in [0.1, 0.15) is 18.6 Å². The average Bonchev–Trinajstić information content (AvgIpc) is 3.24. The minimum absolute atomic E-state index is 0.224. The van der Waals surface area contributed by atoms with E-state index in [4.69, 9.17) is 13.9 Å². The zero-order valence-corrected chi connectivity index (χ0v) is 13.0. The van der Waals surface area contributed by atoms with Gasteiger partial charge in [0, 0.05) is 30.9 Å². The third kappa shape index (κ3) is 3.23. The predicted octanol–water partition coefficient (Wildman–Crippen LogP) is 2.13. The van der Waals surface area contributed by atoms with Gasteiger partial charge in [0.15, 0.2) is 0 Å². The Morgan fingerprint density at radius 3 is 2.96 bits per heavy atom. The van der Waals surface area contributed by atoms with Gasteiger partial charge in [0.1, 0.15) is 5.76 Å². The Kier molecular flexibility index (Phi) is 4.26. The van der Waals surface area contributed by atoms with Gasteiger partial charge in [-0.15, -0.1) is 0 Å². The summed E-state index contributed by atoms with van der Waals surface area (Å²) in [5, 5.41) is 0. The summed E-state index contributed by atoms with van der Waals surface area (Å²) in [6.07, 6.45) is 7.59. The molecule has 6 nitrogen and oxygen atoms in total. The van der Waals surface area contributed by atoms with Gasteiger partial charge in [-0.2, -0.15) is 0 Å². The summed E-state index contributed by atoms with van der Waals surface area (Å²) >= 11 is 0. The summed E-state index contributed by atoms with van der Waals surface area (Å²) in [7, 11) is 0. The van der Waals surface area contributed by atoms with Crippen molar-refractivity contribution in [2.75, 3.05) is 19.8 Å². The third-order valence-corrected chi connectivity index (χ3v) is 4.74. The number of fused-ring (bicyclic) bond motifs is 1. The molecule has 0 bridgehead atoms. The minimum atomic E-state index is 0.224. The van der Waals surface area contributed by atoms with E-state index >= 15 is 0 Å². The van der Waals surface area contributed by atoms with Crippen LogP contribution in [0.5, 0.6) is 6.01 Å². The smallest absolute Gasteiger partial charge is 0.316 e. The lowest BCUT2D eigenvalue weighted by Crippen LogP contribution is -2.50. The van der Waals surface area contributed by atoms with E-state index in [2.05, 4.69) is 14.9 Å². The van der Waals surface area contributed by atoms with Crippen molar-refractivity contribution in [3.63, 3.8) is 0 Å². The molecule has 2 aliphatic rings. The molecule has 1 aliphatic carbocycles. The molecular formula is C17H21N3O3. The Hall–Kier alpha value is -1.92. The molecule has 2 aromatic rings. The van der Waals surface area contributed by atoms with E-state index < -0.39 is 0 Å². The molecule has 0 amide bonds. The molecule has 0 radical (unpaired) electrons. The summed E-state index contributed by atoms with van der Waals surface area (Å²) in [5.74, 6) is 1.41. The molecule has 4 rings (SSSR count). The molecule has 3 heterocycles. The first kappa shape index (κ1) is 14.7. The first-order valence-corrected chi connectivity index (χ1v) is 8.18. The molecule has 2 aromatic heterocycles. The summed E-state index contributed by atoms with van der Waals surface area (Å²) in [5.41, 5.74) is 0. The SMILES string of the molecule is c1cnc(OC[C@@H]2CC[C@H]3[C@H]2OCCN3Cc2ccco2)nc1. The summed E-state index contributed by atoms with van der Waals surface area (Å²) in [6.45, 7) is 3.18. The Morgan fingerprint density at radius 1 is 1.22 bits per heavy atom. The van der Waals surface area contributed by atoms with E-state index in [0.29, 0.717) is 24.6 Å². The molecule has 2 fully saturated rings. The van der Waals surface area contributed by atoms with Crippen molar-refractivity contribution >= 4 is 0 Å². The molecule has 0 aromatic carbocycles. The lowest BCUT2D eigenvalue weighted by atomic mass is 10.0. The fourth-order valence-corrected chi connectivity index (χ4v) is 3.66. The molecule has 0 unspecified atom stereocenters. The van der Waals surface area contributed by atoms with Crippen LogP contribution in [0.2, 0.25) is 0 Å². The summed E-state index contributed by atoms with van der Waals surface area (Å²) in [6, 6.07) is 6.65. The monoisotopic (exact) mass is 315 g/mol. The molecule has 3 atom stereocenters. The van der Waals surface area contributed by atoms with Gasteiger partial charge in [0.05, 0.1) is 32.1 Å². The van der Waals surface area contributed by atoms with Gasteiger partial charge in [-0.05, 0) is 31.0 Å². The number of nitrogens with zero attached hydrogens (tertiary/aromatic N) is 3. The van der Waals surface area contributed by atoms with Crippen LogP contribution in [0.15, 0.2) is 41.3 Å². The Morgan fingerprint density at radius 2 is 2.13 bits per heavy atom. The first-order chi connectivity index (χ1) is 11.4. The Bertz CT molecular complexity index is 605. The van der Waals surface area contributed by atoms with Crippen LogP contribution in [-0.2, 0) is 11.3 Å². The lowest BCUT2D eigenvalue weighted by Gasteiger charge is -2.38. The van der Waals surface area contributed by atoms with E-state index in [1.165, 1.54) is 0 Å². The van der Waals surface area contributed by atoms with Crippen molar-refractivity contribution in [1.29, 1.82) is 0 Å². The second-order valence-electron chi connectivity index (χ2n) is 6.13. The van der Waals surface area contributed by atoms with Crippen molar-refractivity contribution in [3.8, 4) is 6.01 Å². The summed E-state index contributed by atoms with van der Waals surface area (Å²) in [4.78, 5) is 10.7. The number of hydrogen-bond acceptors (Lipinski definition) is 6. The number of aromatic nitrogens is 2. The van der Waals surface area contributed by atoms with Crippen molar-refractivity contribution < 1.29 is 13.9 Å². The zero-order valence-electron chi connectivity index (χ0n) is 13.0. The average molecular weight is 315 g/mol. The fraction of sp³-hybridized carbons (Fsp3) is 0.529. The maximum absolute atomic E-state index is 6.06. The number of hydrogen-bond donors (Lipinski definition) is 0. The molecule has 1 saturated heterocycles. The van der Waals surface area contributed by atoms with Crippen molar-refractivity contribution in [2.45, 2.75) is 31.5 Å². The van der Waals surface area contributed by atoms with E-state index in [-0.39, 0.29) is 6.10 Å². The molecular weight excluding hydrogens is 294 g/mol. The van der Waals surface area contributed by atoms with Crippen molar-refractivity contribution in [3.05, 3.63) is 42.6 Å². The predicted molar refractivity (Wildman–Crippen MR) is 82.9 cm³/mol. The van der Waals surface area contributed by atoms with Crippen LogP contribution >= 0.6 is 0 Å². The lowest BCUT2D eigenvalue weighted by molar-refractivity contribution is -0.0833. The highest BCUT2D eigenvalue weighted by Crippen LogP contribution is 2.35. The second kappa shape index (κ2) is 6.68. The Balaban J connectivity index is 1.37. The number of ether oxygens (including phenoxy) is 2.